The molecule has 0 saturated heterocycles. The van der Waals surface area contributed by atoms with Crippen LogP contribution < -0.4 is 9.47 Å². The topological polar surface area (TPSA) is 48.4 Å². The van der Waals surface area contributed by atoms with Crippen LogP contribution in [-0.2, 0) is 0 Å². The van der Waals surface area contributed by atoms with Gasteiger partial charge in [-0.3, -0.25) is 4.79 Å². The van der Waals surface area contributed by atoms with Crippen LogP contribution in [0.1, 0.15) is 24.2 Å². The van der Waals surface area contributed by atoms with Gasteiger partial charge >= 0.3 is 0 Å². The summed E-state index contributed by atoms with van der Waals surface area (Å²) in [5.74, 6) is 1.11. The molecule has 0 aliphatic heterocycles. The van der Waals surface area contributed by atoms with Gasteiger partial charge in [-0.05, 0) is 31.5 Å². The molecule has 0 spiro atoms. The van der Waals surface area contributed by atoms with E-state index in [4.69, 9.17) is 9.47 Å². The minimum atomic E-state index is -0.0152. The highest BCUT2D eigenvalue weighted by molar-refractivity contribution is 5.86. The number of carbonyl (C=O) groups excluding carboxylic acids is 1. The average molecular weight is 271 g/mol. The summed E-state index contributed by atoms with van der Waals surface area (Å²) >= 11 is 0. The number of aldehydes is 1. The van der Waals surface area contributed by atoms with Crippen LogP contribution in [0.15, 0.2) is 36.5 Å². The molecular formula is C16H17NO3. The van der Waals surface area contributed by atoms with Crippen LogP contribution in [0.25, 0.3) is 11.1 Å². The van der Waals surface area contributed by atoms with E-state index in [0.29, 0.717) is 17.2 Å². The maximum Gasteiger partial charge on any atom is 0.213 e. The Hall–Kier alpha value is -2.36. The number of benzene rings is 1. The second kappa shape index (κ2) is 6.19. The molecule has 2 aromatic rings. The molecular weight excluding hydrogens is 254 g/mol. The van der Waals surface area contributed by atoms with Gasteiger partial charge in [-0.1, -0.05) is 12.1 Å². The van der Waals surface area contributed by atoms with Gasteiger partial charge in [0.15, 0.2) is 6.29 Å². The van der Waals surface area contributed by atoms with Gasteiger partial charge < -0.3 is 9.47 Å². The van der Waals surface area contributed by atoms with Crippen LogP contribution in [0.3, 0.4) is 0 Å². The molecule has 0 N–H and O–H groups in total. The van der Waals surface area contributed by atoms with E-state index in [9.17, 15) is 4.79 Å². The Morgan fingerprint density at radius 3 is 2.70 bits per heavy atom. The third kappa shape index (κ3) is 2.96. The van der Waals surface area contributed by atoms with Crippen molar-refractivity contribution in [3.8, 4) is 22.8 Å². The molecule has 1 aromatic carbocycles. The SMILES string of the molecule is COc1cc(-c2cccc(C=O)c2OC(C)C)ccn1. The van der Waals surface area contributed by atoms with Crippen LogP contribution >= 0.6 is 0 Å². The summed E-state index contributed by atoms with van der Waals surface area (Å²) in [5, 5.41) is 0. The van der Waals surface area contributed by atoms with Crippen molar-refractivity contribution in [3.05, 3.63) is 42.1 Å². The summed E-state index contributed by atoms with van der Waals surface area (Å²) in [7, 11) is 1.57. The first kappa shape index (κ1) is 14.1. The number of para-hydroxylation sites is 1. The van der Waals surface area contributed by atoms with Crippen molar-refractivity contribution < 1.29 is 14.3 Å². The minimum absolute atomic E-state index is 0.0152. The molecule has 0 radical (unpaired) electrons. The third-order valence-electron chi connectivity index (χ3n) is 2.78. The highest BCUT2D eigenvalue weighted by Crippen LogP contribution is 2.34. The molecule has 0 atom stereocenters. The third-order valence-corrected chi connectivity index (χ3v) is 2.78. The van der Waals surface area contributed by atoms with Gasteiger partial charge in [-0.15, -0.1) is 0 Å². The first-order valence-corrected chi connectivity index (χ1v) is 6.41. The average Bonchev–Trinajstić information content (AvgIpc) is 2.47. The first-order valence-electron chi connectivity index (χ1n) is 6.41. The van der Waals surface area contributed by atoms with Crippen LogP contribution in [0.4, 0.5) is 0 Å². The lowest BCUT2D eigenvalue weighted by atomic mass is 10.0. The first-order chi connectivity index (χ1) is 9.65. The highest BCUT2D eigenvalue weighted by atomic mass is 16.5. The van der Waals surface area contributed by atoms with E-state index in [0.717, 1.165) is 17.4 Å². The number of nitrogens with zero attached hydrogens (tertiary/aromatic N) is 1. The molecule has 0 saturated carbocycles. The number of hydrogen-bond donors (Lipinski definition) is 0. The van der Waals surface area contributed by atoms with Gasteiger partial charge in [0.2, 0.25) is 5.88 Å². The number of hydrogen-bond acceptors (Lipinski definition) is 4. The molecule has 0 bridgehead atoms. The summed E-state index contributed by atoms with van der Waals surface area (Å²) in [6, 6.07) is 9.17. The van der Waals surface area contributed by atoms with E-state index < -0.39 is 0 Å². The molecule has 4 nitrogen and oxygen atoms in total. The van der Waals surface area contributed by atoms with Crippen molar-refractivity contribution >= 4 is 6.29 Å². The Bertz CT molecular complexity index is 608. The van der Waals surface area contributed by atoms with E-state index >= 15 is 0 Å². The van der Waals surface area contributed by atoms with Gasteiger partial charge in [0.1, 0.15) is 5.75 Å². The lowest BCUT2D eigenvalue weighted by molar-refractivity contribution is 0.111. The normalized spacial score (nSPS) is 10.4. The molecule has 104 valence electrons. The number of methoxy groups -OCH3 is 1. The number of rotatable bonds is 5. The zero-order chi connectivity index (χ0) is 14.5. The monoisotopic (exact) mass is 271 g/mol. The van der Waals surface area contributed by atoms with E-state index in [1.54, 1.807) is 19.4 Å². The summed E-state index contributed by atoms with van der Waals surface area (Å²) in [4.78, 5) is 15.3. The Kier molecular flexibility index (Phi) is 4.35. The number of ether oxygens (including phenoxy) is 2. The van der Waals surface area contributed by atoms with E-state index in [2.05, 4.69) is 4.98 Å². The van der Waals surface area contributed by atoms with Crippen LogP contribution in [0.5, 0.6) is 11.6 Å². The molecule has 0 aliphatic rings. The summed E-state index contributed by atoms with van der Waals surface area (Å²) in [5.41, 5.74) is 2.28. The van der Waals surface area contributed by atoms with Gasteiger partial charge in [0.25, 0.3) is 0 Å². The largest absolute Gasteiger partial charge is 0.490 e. The summed E-state index contributed by atoms with van der Waals surface area (Å²) in [6.45, 7) is 3.86. The van der Waals surface area contributed by atoms with Gasteiger partial charge in [-0.2, -0.15) is 0 Å². The lowest BCUT2D eigenvalue weighted by Gasteiger charge is -2.16. The molecule has 20 heavy (non-hydrogen) atoms. The maximum absolute atomic E-state index is 11.2. The predicted molar refractivity (Wildman–Crippen MR) is 77.4 cm³/mol. The Balaban J connectivity index is 2.57. The predicted octanol–water partition coefficient (Wildman–Crippen LogP) is 3.36. The Labute approximate surface area is 118 Å². The maximum atomic E-state index is 11.2. The van der Waals surface area contributed by atoms with Gasteiger partial charge in [0.05, 0.1) is 18.8 Å². The zero-order valence-corrected chi connectivity index (χ0v) is 11.8. The second-order valence-electron chi connectivity index (χ2n) is 4.60. The van der Waals surface area contributed by atoms with Crippen molar-refractivity contribution in [2.24, 2.45) is 0 Å². The fraction of sp³-hybridized carbons (Fsp3) is 0.250. The Morgan fingerprint density at radius 1 is 1.25 bits per heavy atom. The van der Waals surface area contributed by atoms with Gasteiger partial charge in [-0.25, -0.2) is 4.98 Å². The molecule has 1 aromatic heterocycles. The number of aromatic nitrogens is 1. The summed E-state index contributed by atoms with van der Waals surface area (Å²) in [6.07, 6.45) is 2.46. The molecule has 1 heterocycles. The fourth-order valence-corrected chi connectivity index (χ4v) is 1.93. The standard InChI is InChI=1S/C16H17NO3/c1-11(2)20-16-13(10-18)5-4-6-14(16)12-7-8-17-15(9-12)19-3/h4-11H,1-3H3. The zero-order valence-electron chi connectivity index (χ0n) is 11.8. The molecule has 0 aliphatic carbocycles. The van der Waals surface area contributed by atoms with Crippen molar-refractivity contribution in [1.82, 2.24) is 4.98 Å². The van der Waals surface area contributed by atoms with Crippen molar-refractivity contribution in [1.29, 1.82) is 0 Å². The number of pyridine rings is 1. The lowest BCUT2D eigenvalue weighted by Crippen LogP contribution is -2.08. The van der Waals surface area contributed by atoms with Crippen LogP contribution in [0.2, 0.25) is 0 Å². The summed E-state index contributed by atoms with van der Waals surface area (Å²) < 4.78 is 10.9. The smallest absolute Gasteiger partial charge is 0.213 e. The van der Waals surface area contributed by atoms with E-state index in [-0.39, 0.29) is 6.10 Å². The van der Waals surface area contributed by atoms with E-state index in [1.807, 2.05) is 38.1 Å². The molecule has 0 unspecified atom stereocenters. The molecule has 0 amide bonds. The molecule has 0 fully saturated rings. The van der Waals surface area contributed by atoms with Crippen molar-refractivity contribution in [2.45, 2.75) is 20.0 Å². The quantitative estimate of drug-likeness (QED) is 0.782. The van der Waals surface area contributed by atoms with E-state index in [1.165, 1.54) is 0 Å². The molecule has 2 rings (SSSR count). The van der Waals surface area contributed by atoms with Crippen molar-refractivity contribution in [3.63, 3.8) is 0 Å². The van der Waals surface area contributed by atoms with Gasteiger partial charge in [0, 0.05) is 17.8 Å². The van der Waals surface area contributed by atoms with Crippen LogP contribution in [-0.4, -0.2) is 24.5 Å². The minimum Gasteiger partial charge on any atom is -0.490 e. The fourth-order valence-electron chi connectivity index (χ4n) is 1.93. The van der Waals surface area contributed by atoms with Crippen LogP contribution in [0, 0.1) is 0 Å². The number of carbonyl (C=O) groups is 1. The second-order valence-corrected chi connectivity index (χ2v) is 4.60. The highest BCUT2D eigenvalue weighted by Gasteiger charge is 2.13. The molecule has 4 heteroatoms. The van der Waals surface area contributed by atoms with Crippen molar-refractivity contribution in [2.75, 3.05) is 7.11 Å². The Morgan fingerprint density at radius 2 is 2.05 bits per heavy atom.